The predicted molar refractivity (Wildman–Crippen MR) is 95.5 cm³/mol. The van der Waals surface area contributed by atoms with Crippen LogP contribution in [0.15, 0.2) is 41.3 Å². The lowest BCUT2D eigenvalue weighted by Crippen LogP contribution is -2.45. The van der Waals surface area contributed by atoms with Gasteiger partial charge in [0.1, 0.15) is 5.02 Å². The van der Waals surface area contributed by atoms with Crippen molar-refractivity contribution < 1.29 is 9.53 Å². The smallest absolute Gasteiger partial charge is 0.292 e. The first kappa shape index (κ1) is 17.4. The van der Waals surface area contributed by atoms with E-state index in [4.69, 9.17) is 16.3 Å². The Labute approximate surface area is 150 Å². The van der Waals surface area contributed by atoms with E-state index in [2.05, 4.69) is 5.10 Å². The van der Waals surface area contributed by atoms with E-state index < -0.39 is 5.56 Å². The SMILES string of the molecule is CN(CC(=O)N1CCOCC1)c1cnn(-c2ccccc2)c(=O)c1Cl. The number of ether oxygens (including phenoxy) is 1. The third-order valence-electron chi connectivity index (χ3n) is 4.05. The fourth-order valence-electron chi connectivity index (χ4n) is 2.64. The zero-order valence-corrected chi connectivity index (χ0v) is 14.6. The highest BCUT2D eigenvalue weighted by Gasteiger charge is 2.20. The van der Waals surface area contributed by atoms with Crippen LogP contribution in [-0.2, 0) is 9.53 Å². The highest BCUT2D eigenvalue weighted by molar-refractivity contribution is 6.33. The fraction of sp³-hybridized carbons (Fsp3) is 0.353. The van der Waals surface area contributed by atoms with Crippen LogP contribution in [0.25, 0.3) is 5.69 Å². The maximum atomic E-state index is 12.5. The van der Waals surface area contributed by atoms with Gasteiger partial charge in [-0.05, 0) is 12.1 Å². The molecule has 2 aromatic rings. The number of hydrogen-bond acceptors (Lipinski definition) is 5. The summed E-state index contributed by atoms with van der Waals surface area (Å²) in [6.07, 6.45) is 1.50. The molecule has 0 unspecified atom stereocenters. The van der Waals surface area contributed by atoms with Crippen molar-refractivity contribution in [2.45, 2.75) is 0 Å². The average Bonchev–Trinajstić information content (AvgIpc) is 2.65. The molecule has 2 heterocycles. The lowest BCUT2D eigenvalue weighted by Gasteiger charge is -2.29. The zero-order chi connectivity index (χ0) is 17.8. The second-order valence-electron chi connectivity index (χ2n) is 5.75. The molecule has 1 amide bonds. The molecule has 7 nitrogen and oxygen atoms in total. The van der Waals surface area contributed by atoms with Gasteiger partial charge in [0.25, 0.3) is 5.56 Å². The zero-order valence-electron chi connectivity index (χ0n) is 13.9. The van der Waals surface area contributed by atoms with Gasteiger partial charge in [-0.15, -0.1) is 0 Å². The van der Waals surface area contributed by atoms with E-state index in [1.54, 1.807) is 29.0 Å². The second-order valence-corrected chi connectivity index (χ2v) is 6.12. The van der Waals surface area contributed by atoms with Crippen molar-refractivity contribution in [2.24, 2.45) is 0 Å². The molecule has 0 saturated carbocycles. The van der Waals surface area contributed by atoms with Crippen LogP contribution in [0, 0.1) is 0 Å². The predicted octanol–water partition coefficient (Wildman–Crippen LogP) is 1.18. The molecular weight excluding hydrogens is 344 g/mol. The average molecular weight is 363 g/mol. The van der Waals surface area contributed by atoms with Crippen LogP contribution in [0.4, 0.5) is 5.69 Å². The summed E-state index contributed by atoms with van der Waals surface area (Å²) < 4.78 is 6.49. The molecule has 1 saturated heterocycles. The van der Waals surface area contributed by atoms with Gasteiger partial charge in [0.2, 0.25) is 5.91 Å². The number of aromatic nitrogens is 2. The number of carbonyl (C=O) groups excluding carboxylic acids is 1. The van der Waals surface area contributed by atoms with E-state index >= 15 is 0 Å². The van der Waals surface area contributed by atoms with Gasteiger partial charge >= 0.3 is 0 Å². The minimum Gasteiger partial charge on any atom is -0.378 e. The number of hydrogen-bond donors (Lipinski definition) is 0. The number of amides is 1. The Balaban J connectivity index is 1.79. The summed E-state index contributed by atoms with van der Waals surface area (Å²) >= 11 is 6.25. The summed E-state index contributed by atoms with van der Waals surface area (Å²) in [6.45, 7) is 2.37. The standard InChI is InChI=1S/C17H19ClN4O3/c1-20(12-15(23)21-7-9-25-10-8-21)14-11-19-22(17(24)16(14)18)13-5-3-2-4-6-13/h2-6,11H,7-10,12H2,1H3. The number of para-hydroxylation sites is 1. The first-order chi connectivity index (χ1) is 12.1. The molecule has 1 aliphatic heterocycles. The van der Waals surface area contributed by atoms with Gasteiger partial charge in [-0.3, -0.25) is 9.59 Å². The summed E-state index contributed by atoms with van der Waals surface area (Å²) in [5.74, 6) is -0.0332. The third-order valence-corrected chi connectivity index (χ3v) is 4.40. The van der Waals surface area contributed by atoms with E-state index in [0.29, 0.717) is 37.7 Å². The molecule has 0 bridgehead atoms. The molecule has 1 aromatic heterocycles. The lowest BCUT2D eigenvalue weighted by molar-refractivity contribution is -0.133. The molecule has 0 radical (unpaired) electrons. The Morgan fingerprint density at radius 1 is 1.28 bits per heavy atom. The van der Waals surface area contributed by atoms with E-state index in [1.807, 2.05) is 18.2 Å². The topological polar surface area (TPSA) is 67.7 Å². The van der Waals surface area contributed by atoms with Gasteiger partial charge < -0.3 is 14.5 Å². The van der Waals surface area contributed by atoms with Crippen LogP contribution in [-0.4, -0.2) is 60.5 Å². The van der Waals surface area contributed by atoms with E-state index in [-0.39, 0.29) is 17.5 Å². The van der Waals surface area contributed by atoms with Gasteiger partial charge in [0.15, 0.2) is 0 Å². The normalized spacial score (nSPS) is 14.4. The van der Waals surface area contributed by atoms with Gasteiger partial charge in [0, 0.05) is 20.1 Å². The molecule has 1 aromatic carbocycles. The van der Waals surface area contributed by atoms with E-state index in [9.17, 15) is 9.59 Å². The summed E-state index contributed by atoms with van der Waals surface area (Å²) in [6, 6.07) is 9.04. The second kappa shape index (κ2) is 7.67. The Morgan fingerprint density at radius 2 is 1.96 bits per heavy atom. The van der Waals surface area contributed by atoms with E-state index in [1.165, 1.54) is 10.9 Å². The minimum atomic E-state index is -0.420. The summed E-state index contributed by atoms with van der Waals surface area (Å²) in [5.41, 5.74) is 0.643. The van der Waals surface area contributed by atoms with Crippen molar-refractivity contribution in [2.75, 3.05) is 44.8 Å². The van der Waals surface area contributed by atoms with Crippen molar-refractivity contribution in [1.29, 1.82) is 0 Å². The number of anilines is 1. The molecule has 0 aliphatic carbocycles. The maximum absolute atomic E-state index is 12.5. The van der Waals surface area contributed by atoms with Crippen LogP contribution in [0.1, 0.15) is 0 Å². The molecule has 0 atom stereocenters. The first-order valence-electron chi connectivity index (χ1n) is 7.98. The summed E-state index contributed by atoms with van der Waals surface area (Å²) in [5, 5.41) is 4.22. The summed E-state index contributed by atoms with van der Waals surface area (Å²) in [4.78, 5) is 28.2. The minimum absolute atomic E-state index is 0.0332. The first-order valence-corrected chi connectivity index (χ1v) is 8.35. The molecule has 1 fully saturated rings. The van der Waals surface area contributed by atoms with Crippen molar-refractivity contribution >= 4 is 23.2 Å². The Bertz CT molecular complexity index is 803. The number of benzene rings is 1. The molecule has 0 spiro atoms. The number of likely N-dealkylation sites (N-methyl/N-ethyl adjacent to an activating group) is 1. The van der Waals surface area contributed by atoms with Gasteiger partial charge in [0.05, 0.1) is 37.3 Å². The van der Waals surface area contributed by atoms with Crippen molar-refractivity contribution in [3.8, 4) is 5.69 Å². The molecule has 25 heavy (non-hydrogen) atoms. The quantitative estimate of drug-likeness (QED) is 0.817. The van der Waals surface area contributed by atoms with Crippen LogP contribution in [0.3, 0.4) is 0 Å². The highest BCUT2D eigenvalue weighted by atomic mass is 35.5. The van der Waals surface area contributed by atoms with Crippen LogP contribution in [0.2, 0.25) is 5.02 Å². The third kappa shape index (κ3) is 3.83. The number of rotatable bonds is 4. The molecule has 8 heteroatoms. The maximum Gasteiger partial charge on any atom is 0.292 e. The molecular formula is C17H19ClN4O3. The molecule has 0 N–H and O–H groups in total. The summed E-state index contributed by atoms with van der Waals surface area (Å²) in [7, 11) is 1.72. The number of nitrogens with zero attached hydrogens (tertiary/aromatic N) is 4. The van der Waals surface area contributed by atoms with Crippen LogP contribution >= 0.6 is 11.6 Å². The van der Waals surface area contributed by atoms with Gasteiger partial charge in [-0.1, -0.05) is 29.8 Å². The Morgan fingerprint density at radius 3 is 2.64 bits per heavy atom. The molecule has 3 rings (SSSR count). The van der Waals surface area contributed by atoms with E-state index in [0.717, 1.165) is 0 Å². The van der Waals surface area contributed by atoms with Crippen LogP contribution < -0.4 is 10.5 Å². The Hall–Kier alpha value is -2.38. The largest absolute Gasteiger partial charge is 0.378 e. The lowest BCUT2D eigenvalue weighted by atomic mass is 10.3. The van der Waals surface area contributed by atoms with Crippen molar-refractivity contribution in [1.82, 2.24) is 14.7 Å². The van der Waals surface area contributed by atoms with Gasteiger partial charge in [-0.2, -0.15) is 9.78 Å². The van der Waals surface area contributed by atoms with Crippen LogP contribution in [0.5, 0.6) is 0 Å². The number of halogens is 1. The molecule has 1 aliphatic rings. The number of carbonyl (C=O) groups is 1. The monoisotopic (exact) mass is 362 g/mol. The number of morpholine rings is 1. The molecule has 132 valence electrons. The Kier molecular flexibility index (Phi) is 5.35. The highest BCUT2D eigenvalue weighted by Crippen LogP contribution is 2.20. The van der Waals surface area contributed by atoms with Crippen molar-refractivity contribution in [3.05, 3.63) is 51.9 Å². The van der Waals surface area contributed by atoms with Gasteiger partial charge in [-0.25, -0.2) is 0 Å². The van der Waals surface area contributed by atoms with Crippen molar-refractivity contribution in [3.63, 3.8) is 0 Å². The fourth-order valence-corrected chi connectivity index (χ4v) is 2.92.